The molecule has 0 saturated carbocycles. The van der Waals surface area contributed by atoms with Gasteiger partial charge in [-0.1, -0.05) is 81.1 Å². The SMILES string of the molecule is CCCCCCCc1ccc(-c2cc(F)c(C(F)(F)Oc3ccc(-c4ccc(-c5cc(F)c(F)c(F)c5)c(F)c4)cc3)c(F)c2)cc1. The summed E-state index contributed by atoms with van der Waals surface area (Å²) < 4.78 is 120. The summed E-state index contributed by atoms with van der Waals surface area (Å²) in [6.07, 6.45) is 2.18. The highest BCUT2D eigenvalue weighted by molar-refractivity contribution is 5.71. The second kappa shape index (κ2) is 14.4. The minimum Gasteiger partial charge on any atom is -0.429 e. The molecule has 0 aliphatic rings. The van der Waals surface area contributed by atoms with Crippen LogP contribution in [0.1, 0.15) is 50.2 Å². The van der Waals surface area contributed by atoms with Gasteiger partial charge in [0.2, 0.25) is 0 Å². The lowest BCUT2D eigenvalue weighted by atomic mass is 9.99. The highest BCUT2D eigenvalue weighted by atomic mass is 19.3. The summed E-state index contributed by atoms with van der Waals surface area (Å²) in [6, 6.07) is 18.7. The van der Waals surface area contributed by atoms with Crippen LogP contribution >= 0.6 is 0 Å². The van der Waals surface area contributed by atoms with Gasteiger partial charge in [-0.15, -0.1) is 0 Å². The molecule has 0 heterocycles. The molecule has 5 rings (SSSR count). The van der Waals surface area contributed by atoms with Gasteiger partial charge in [-0.25, -0.2) is 26.3 Å². The minimum atomic E-state index is -4.37. The Bertz CT molecular complexity index is 1800. The van der Waals surface area contributed by atoms with Gasteiger partial charge >= 0.3 is 6.11 Å². The topological polar surface area (TPSA) is 9.23 Å². The second-order valence-electron chi connectivity index (χ2n) is 11.3. The summed E-state index contributed by atoms with van der Waals surface area (Å²) in [7, 11) is 0. The molecule has 5 aromatic rings. The van der Waals surface area contributed by atoms with Crippen molar-refractivity contribution >= 4 is 0 Å². The maximum atomic E-state index is 15.1. The van der Waals surface area contributed by atoms with E-state index in [1.54, 1.807) is 12.1 Å². The van der Waals surface area contributed by atoms with Gasteiger partial charge in [0.1, 0.15) is 28.8 Å². The molecule has 0 amide bonds. The quantitative estimate of drug-likeness (QED) is 0.0739. The highest BCUT2D eigenvalue weighted by Crippen LogP contribution is 2.38. The normalized spacial score (nSPS) is 11.6. The number of hydrogen-bond acceptors (Lipinski definition) is 1. The van der Waals surface area contributed by atoms with Crippen LogP contribution in [0.5, 0.6) is 5.75 Å². The van der Waals surface area contributed by atoms with Crippen LogP contribution in [0.15, 0.2) is 91.0 Å². The molecule has 5 aromatic carbocycles. The number of alkyl halides is 2. The zero-order valence-corrected chi connectivity index (χ0v) is 25.3. The Labute approximate surface area is 267 Å². The largest absolute Gasteiger partial charge is 0.432 e. The minimum absolute atomic E-state index is 0.103. The van der Waals surface area contributed by atoms with E-state index in [9.17, 15) is 26.3 Å². The summed E-state index contributed by atoms with van der Waals surface area (Å²) >= 11 is 0. The number of halogens is 8. The molecular formula is C38H30F8O. The molecule has 9 heteroatoms. The average molecular weight is 655 g/mol. The highest BCUT2D eigenvalue weighted by Gasteiger charge is 2.41. The van der Waals surface area contributed by atoms with E-state index < -0.39 is 52.3 Å². The number of hydrogen-bond donors (Lipinski definition) is 0. The Hall–Kier alpha value is -4.66. The Balaban J connectivity index is 1.28. The summed E-state index contributed by atoms with van der Waals surface area (Å²) in [5.74, 6) is -8.86. The molecule has 0 aliphatic carbocycles. The third-order valence-corrected chi connectivity index (χ3v) is 7.89. The molecule has 0 N–H and O–H groups in total. The van der Waals surface area contributed by atoms with E-state index in [1.165, 1.54) is 37.1 Å². The van der Waals surface area contributed by atoms with Crippen molar-refractivity contribution in [3.63, 3.8) is 0 Å². The number of benzene rings is 5. The molecule has 0 unspecified atom stereocenters. The molecule has 244 valence electrons. The molecule has 47 heavy (non-hydrogen) atoms. The molecule has 0 saturated heterocycles. The molecular weight excluding hydrogens is 624 g/mol. The van der Waals surface area contributed by atoms with Crippen molar-refractivity contribution in [3.8, 4) is 39.1 Å². The van der Waals surface area contributed by atoms with E-state index in [-0.39, 0.29) is 22.3 Å². The molecule has 1 nitrogen and oxygen atoms in total. The van der Waals surface area contributed by atoms with Crippen LogP contribution in [-0.4, -0.2) is 0 Å². The molecule has 0 bridgehead atoms. The van der Waals surface area contributed by atoms with Gasteiger partial charge < -0.3 is 4.74 Å². The van der Waals surface area contributed by atoms with E-state index >= 15 is 8.78 Å². The fourth-order valence-electron chi connectivity index (χ4n) is 5.37. The lowest BCUT2D eigenvalue weighted by molar-refractivity contribution is -0.189. The zero-order valence-electron chi connectivity index (χ0n) is 25.3. The van der Waals surface area contributed by atoms with Crippen LogP contribution in [0.2, 0.25) is 0 Å². The summed E-state index contributed by atoms with van der Waals surface area (Å²) in [6.45, 7) is 2.15. The molecule has 0 aliphatic heterocycles. The maximum Gasteiger partial charge on any atom is 0.432 e. The van der Waals surface area contributed by atoms with E-state index in [2.05, 4.69) is 6.92 Å². The lowest BCUT2D eigenvalue weighted by Gasteiger charge is -2.20. The van der Waals surface area contributed by atoms with Crippen molar-refractivity contribution in [1.82, 2.24) is 0 Å². The van der Waals surface area contributed by atoms with Crippen molar-refractivity contribution in [2.24, 2.45) is 0 Å². The zero-order chi connectivity index (χ0) is 33.7. The Kier molecular flexibility index (Phi) is 10.3. The molecule has 0 aromatic heterocycles. The van der Waals surface area contributed by atoms with Crippen LogP contribution < -0.4 is 4.74 Å². The summed E-state index contributed by atoms with van der Waals surface area (Å²) in [5, 5.41) is 0. The van der Waals surface area contributed by atoms with Gasteiger partial charge in [-0.3, -0.25) is 0 Å². The standard InChI is InChI=1S/C38H30F8O/c1-2-3-4-5-6-7-23-8-10-25(11-9-23)27-19-32(40)36(33(41)20-27)38(45,46)47-29-15-12-24(13-16-29)26-14-17-30(31(39)18-26)28-21-34(42)37(44)35(43)22-28/h8-22H,2-7H2,1H3. The number of aryl methyl sites for hydroxylation is 1. The monoisotopic (exact) mass is 654 g/mol. The number of rotatable bonds is 12. The van der Waals surface area contributed by atoms with Gasteiger partial charge in [-0.2, -0.15) is 8.78 Å². The molecule has 0 atom stereocenters. The maximum absolute atomic E-state index is 15.1. The third kappa shape index (κ3) is 7.84. The fraction of sp³-hybridized carbons (Fsp3) is 0.211. The van der Waals surface area contributed by atoms with Crippen molar-refractivity contribution in [2.45, 2.75) is 51.6 Å². The van der Waals surface area contributed by atoms with Gasteiger partial charge in [0.25, 0.3) is 0 Å². The Morgan fingerprint density at radius 3 is 1.62 bits per heavy atom. The van der Waals surface area contributed by atoms with Crippen molar-refractivity contribution in [3.05, 3.63) is 137 Å². The van der Waals surface area contributed by atoms with Crippen LogP contribution in [0, 0.1) is 34.9 Å². The second-order valence-corrected chi connectivity index (χ2v) is 11.3. The fourth-order valence-corrected chi connectivity index (χ4v) is 5.37. The van der Waals surface area contributed by atoms with E-state index in [0.717, 1.165) is 61.6 Å². The Morgan fingerprint density at radius 1 is 0.511 bits per heavy atom. The van der Waals surface area contributed by atoms with Crippen molar-refractivity contribution < 1.29 is 39.9 Å². The van der Waals surface area contributed by atoms with E-state index in [1.807, 2.05) is 12.1 Å². The van der Waals surface area contributed by atoms with Gasteiger partial charge in [-0.05, 0) is 88.7 Å². The smallest absolute Gasteiger partial charge is 0.429 e. The summed E-state index contributed by atoms with van der Waals surface area (Å²) in [4.78, 5) is 0. The first-order chi connectivity index (χ1) is 22.5. The van der Waals surface area contributed by atoms with Crippen molar-refractivity contribution in [2.75, 3.05) is 0 Å². The number of unbranched alkanes of at least 4 members (excludes halogenated alkanes) is 4. The van der Waals surface area contributed by atoms with Crippen molar-refractivity contribution in [1.29, 1.82) is 0 Å². The number of ether oxygens (including phenoxy) is 1. The molecule has 0 fully saturated rings. The van der Waals surface area contributed by atoms with Crippen LogP contribution in [0.25, 0.3) is 33.4 Å². The summed E-state index contributed by atoms with van der Waals surface area (Å²) in [5.41, 5.74) is 0.343. The van der Waals surface area contributed by atoms with Crippen LogP contribution in [0.3, 0.4) is 0 Å². The van der Waals surface area contributed by atoms with E-state index in [0.29, 0.717) is 23.3 Å². The first-order valence-corrected chi connectivity index (χ1v) is 15.2. The lowest BCUT2D eigenvalue weighted by Crippen LogP contribution is -2.25. The first kappa shape index (κ1) is 33.7. The van der Waals surface area contributed by atoms with Gasteiger partial charge in [0.05, 0.1) is 0 Å². The predicted molar refractivity (Wildman–Crippen MR) is 166 cm³/mol. The predicted octanol–water partition coefficient (Wildman–Crippen LogP) is 12.2. The average Bonchev–Trinajstić information content (AvgIpc) is 3.03. The van der Waals surface area contributed by atoms with Gasteiger partial charge in [0, 0.05) is 5.56 Å². The van der Waals surface area contributed by atoms with E-state index in [4.69, 9.17) is 4.74 Å². The molecule has 0 spiro atoms. The Morgan fingerprint density at radius 2 is 1.02 bits per heavy atom. The first-order valence-electron chi connectivity index (χ1n) is 15.2. The van der Waals surface area contributed by atoms with Gasteiger partial charge in [0.15, 0.2) is 17.5 Å². The third-order valence-electron chi connectivity index (χ3n) is 7.89. The molecule has 0 radical (unpaired) electrons. The van der Waals surface area contributed by atoms with Crippen LogP contribution in [-0.2, 0) is 12.5 Å². The van der Waals surface area contributed by atoms with Crippen LogP contribution in [0.4, 0.5) is 35.1 Å².